The van der Waals surface area contributed by atoms with E-state index in [9.17, 15) is 17.6 Å². The Bertz CT molecular complexity index is 721. The van der Waals surface area contributed by atoms with E-state index >= 15 is 0 Å². The van der Waals surface area contributed by atoms with Gasteiger partial charge in [0.15, 0.2) is 0 Å². The Balaban J connectivity index is 1.98. The molecule has 0 saturated carbocycles. The van der Waals surface area contributed by atoms with Crippen molar-refractivity contribution in [3.8, 4) is 0 Å². The smallest absolute Gasteiger partial charge is 0.317 e. The summed E-state index contributed by atoms with van der Waals surface area (Å²) in [6, 6.07) is 3.96. The molecule has 0 unspecified atom stereocenters. The molecule has 0 aliphatic carbocycles. The number of carbonyl (C=O) groups is 1. The maximum Gasteiger partial charge on any atom is 0.317 e. The zero-order valence-electron chi connectivity index (χ0n) is 14.0. The zero-order valence-corrected chi connectivity index (χ0v) is 15.6. The average Bonchev–Trinajstić information content (AvgIpc) is 2.56. The largest absolute Gasteiger partial charge is 0.480 e. The fraction of sp³-hybridized carbons (Fsp3) is 0.562. The Hall–Kier alpha value is -1.22. The predicted molar refractivity (Wildman–Crippen MR) is 93.5 cm³/mol. The van der Waals surface area contributed by atoms with Crippen LogP contribution >= 0.6 is 11.6 Å². The van der Waals surface area contributed by atoms with E-state index in [-0.39, 0.29) is 23.4 Å². The van der Waals surface area contributed by atoms with Gasteiger partial charge in [-0.3, -0.25) is 9.69 Å². The number of hydrogen-bond donors (Lipinski definition) is 1. The van der Waals surface area contributed by atoms with Crippen LogP contribution in [0.4, 0.5) is 4.39 Å². The average molecular weight is 393 g/mol. The number of likely N-dealkylation sites (N-methyl/N-ethyl adjacent to an activating group) is 1. The van der Waals surface area contributed by atoms with Crippen molar-refractivity contribution in [3.05, 3.63) is 34.6 Å². The lowest BCUT2D eigenvalue weighted by Gasteiger charge is -2.36. The van der Waals surface area contributed by atoms with Gasteiger partial charge in [-0.2, -0.15) is 0 Å². The molecule has 6 nitrogen and oxygen atoms in total. The van der Waals surface area contributed by atoms with Crippen molar-refractivity contribution >= 4 is 27.6 Å². The van der Waals surface area contributed by atoms with Crippen LogP contribution < -0.4 is 0 Å². The number of hydrogen-bond acceptors (Lipinski definition) is 4. The number of sulfonamides is 1. The van der Waals surface area contributed by atoms with E-state index in [1.165, 1.54) is 16.4 Å². The summed E-state index contributed by atoms with van der Waals surface area (Å²) in [5.74, 6) is -1.70. The van der Waals surface area contributed by atoms with Gasteiger partial charge in [-0.1, -0.05) is 24.6 Å². The molecule has 1 heterocycles. The maximum atomic E-state index is 13.2. The third kappa shape index (κ3) is 5.37. The van der Waals surface area contributed by atoms with Gasteiger partial charge >= 0.3 is 5.97 Å². The summed E-state index contributed by atoms with van der Waals surface area (Å²) in [6.07, 6.45) is 1.18. The lowest BCUT2D eigenvalue weighted by Crippen LogP contribution is -2.48. The number of carboxylic acids is 1. The summed E-state index contributed by atoms with van der Waals surface area (Å²) in [4.78, 5) is 12.8. The second-order valence-electron chi connectivity index (χ2n) is 6.09. The minimum atomic E-state index is -3.53. The van der Waals surface area contributed by atoms with Gasteiger partial charge in [-0.05, 0) is 37.1 Å². The molecule has 1 aliphatic rings. The molecule has 0 bridgehead atoms. The molecule has 1 N–H and O–H groups in total. The third-order valence-corrected chi connectivity index (χ3v) is 6.55. The molecule has 25 heavy (non-hydrogen) atoms. The molecule has 0 spiro atoms. The van der Waals surface area contributed by atoms with Crippen molar-refractivity contribution < 1.29 is 22.7 Å². The number of carboxylic acid groups (broad SMARTS) is 1. The number of piperidine rings is 1. The summed E-state index contributed by atoms with van der Waals surface area (Å²) in [7, 11) is -3.53. The summed E-state index contributed by atoms with van der Waals surface area (Å²) in [5.41, 5.74) is 0.439. The maximum absolute atomic E-state index is 13.2. The second-order valence-corrected chi connectivity index (χ2v) is 8.47. The lowest BCUT2D eigenvalue weighted by molar-refractivity contribution is -0.139. The standard InChI is InChI=1S/C16H22ClFN2O4S/c1-2-19(10-16(21)22)13-5-7-20(8-6-13)25(23,24)11-12-3-4-15(18)14(17)9-12/h3-4,9,13H,2,5-8,10-11H2,1H3,(H,21,22). The van der Waals surface area contributed by atoms with Gasteiger partial charge in [0.1, 0.15) is 5.82 Å². The van der Waals surface area contributed by atoms with Crippen LogP contribution in [0.15, 0.2) is 18.2 Å². The highest BCUT2D eigenvalue weighted by molar-refractivity contribution is 7.88. The fourth-order valence-corrected chi connectivity index (χ4v) is 4.84. The Morgan fingerprint density at radius 1 is 1.40 bits per heavy atom. The van der Waals surface area contributed by atoms with Gasteiger partial charge in [-0.15, -0.1) is 0 Å². The highest BCUT2D eigenvalue weighted by atomic mass is 35.5. The minimum absolute atomic E-state index is 0.0397. The zero-order chi connectivity index (χ0) is 18.6. The van der Waals surface area contributed by atoms with Gasteiger partial charge in [0.25, 0.3) is 0 Å². The predicted octanol–water partition coefficient (Wildman–Crippen LogP) is 2.18. The van der Waals surface area contributed by atoms with Crippen molar-refractivity contribution in [3.63, 3.8) is 0 Å². The molecule has 2 rings (SSSR count). The first kappa shape index (κ1) is 20.1. The van der Waals surface area contributed by atoms with Crippen LogP contribution in [-0.2, 0) is 20.6 Å². The van der Waals surface area contributed by atoms with E-state index in [1.54, 1.807) is 0 Å². The van der Waals surface area contributed by atoms with E-state index in [2.05, 4.69) is 0 Å². The van der Waals surface area contributed by atoms with Crippen LogP contribution in [0.5, 0.6) is 0 Å². The van der Waals surface area contributed by atoms with Crippen LogP contribution in [0.1, 0.15) is 25.3 Å². The quantitative estimate of drug-likeness (QED) is 0.769. The molecule has 0 atom stereocenters. The normalized spacial score (nSPS) is 17.1. The van der Waals surface area contributed by atoms with Crippen molar-refractivity contribution in [2.75, 3.05) is 26.2 Å². The summed E-state index contributed by atoms with van der Waals surface area (Å²) in [6.45, 7) is 3.15. The van der Waals surface area contributed by atoms with Crippen LogP contribution in [-0.4, -0.2) is 60.9 Å². The van der Waals surface area contributed by atoms with Crippen molar-refractivity contribution in [1.82, 2.24) is 9.21 Å². The van der Waals surface area contributed by atoms with E-state index in [0.717, 1.165) is 6.07 Å². The van der Waals surface area contributed by atoms with Gasteiger partial charge < -0.3 is 5.11 Å². The molecule has 140 valence electrons. The molecule has 1 fully saturated rings. The molecule has 1 saturated heterocycles. The molecular formula is C16H22ClFN2O4S. The SMILES string of the molecule is CCN(CC(=O)O)C1CCN(S(=O)(=O)Cc2ccc(F)c(Cl)c2)CC1. The fourth-order valence-electron chi connectivity index (χ4n) is 3.09. The Labute approximate surface area is 152 Å². The van der Waals surface area contributed by atoms with Crippen LogP contribution in [0, 0.1) is 5.82 Å². The Kier molecular flexibility index (Phi) is 6.79. The monoisotopic (exact) mass is 392 g/mol. The summed E-state index contributed by atoms with van der Waals surface area (Å²) < 4.78 is 39.7. The van der Waals surface area contributed by atoms with E-state index in [0.29, 0.717) is 38.0 Å². The summed E-state index contributed by atoms with van der Waals surface area (Å²) in [5, 5.41) is 8.85. The van der Waals surface area contributed by atoms with Crippen molar-refractivity contribution in [1.29, 1.82) is 0 Å². The third-order valence-electron chi connectivity index (χ3n) is 4.41. The Morgan fingerprint density at radius 3 is 2.56 bits per heavy atom. The highest BCUT2D eigenvalue weighted by Gasteiger charge is 2.31. The molecule has 0 aromatic heterocycles. The second kappa shape index (κ2) is 8.44. The number of aliphatic carboxylic acids is 1. The van der Waals surface area contributed by atoms with E-state index in [1.807, 2.05) is 11.8 Å². The molecule has 9 heteroatoms. The molecule has 1 aromatic carbocycles. The number of nitrogens with zero attached hydrogens (tertiary/aromatic N) is 2. The van der Waals surface area contributed by atoms with Gasteiger partial charge in [-0.25, -0.2) is 17.1 Å². The number of benzene rings is 1. The van der Waals surface area contributed by atoms with Crippen LogP contribution in [0.3, 0.4) is 0 Å². The van der Waals surface area contributed by atoms with Crippen molar-refractivity contribution in [2.45, 2.75) is 31.6 Å². The van der Waals surface area contributed by atoms with Gasteiger partial charge in [0.2, 0.25) is 10.0 Å². The first-order valence-electron chi connectivity index (χ1n) is 8.10. The molecule has 0 radical (unpaired) electrons. The topological polar surface area (TPSA) is 77.9 Å². The minimum Gasteiger partial charge on any atom is -0.480 e. The van der Waals surface area contributed by atoms with Crippen LogP contribution in [0.25, 0.3) is 0 Å². The molecule has 1 aliphatic heterocycles. The van der Waals surface area contributed by atoms with Crippen LogP contribution in [0.2, 0.25) is 5.02 Å². The first-order valence-corrected chi connectivity index (χ1v) is 10.1. The van der Waals surface area contributed by atoms with E-state index in [4.69, 9.17) is 16.7 Å². The van der Waals surface area contributed by atoms with Crippen molar-refractivity contribution in [2.24, 2.45) is 0 Å². The van der Waals surface area contributed by atoms with Gasteiger partial charge in [0, 0.05) is 19.1 Å². The first-order chi connectivity index (χ1) is 11.7. The Morgan fingerprint density at radius 2 is 2.04 bits per heavy atom. The lowest BCUT2D eigenvalue weighted by atomic mass is 10.0. The number of rotatable bonds is 7. The number of halogens is 2. The summed E-state index contributed by atoms with van der Waals surface area (Å²) >= 11 is 5.70. The molecular weight excluding hydrogens is 371 g/mol. The molecule has 0 amide bonds. The highest BCUT2D eigenvalue weighted by Crippen LogP contribution is 2.23. The van der Waals surface area contributed by atoms with Gasteiger partial charge in [0.05, 0.1) is 17.3 Å². The van der Waals surface area contributed by atoms with E-state index < -0.39 is 21.8 Å². The molecule has 1 aromatic rings.